The van der Waals surface area contributed by atoms with Crippen molar-refractivity contribution < 1.29 is 4.74 Å². The zero-order valence-corrected chi connectivity index (χ0v) is 15.8. The maximum absolute atomic E-state index is 5.18. The summed E-state index contributed by atoms with van der Waals surface area (Å²) in [6, 6.07) is 14.5. The van der Waals surface area contributed by atoms with E-state index in [9.17, 15) is 0 Å². The molecule has 0 saturated carbocycles. The van der Waals surface area contributed by atoms with Crippen molar-refractivity contribution in [2.24, 2.45) is 0 Å². The summed E-state index contributed by atoms with van der Waals surface area (Å²) >= 11 is 0. The number of hydrogen-bond acceptors (Lipinski definition) is 5. The predicted octanol–water partition coefficient (Wildman–Crippen LogP) is 3.17. The van der Waals surface area contributed by atoms with E-state index in [1.54, 1.807) is 7.11 Å². The Morgan fingerprint density at radius 3 is 2.70 bits per heavy atom. The summed E-state index contributed by atoms with van der Waals surface area (Å²) in [5.74, 6) is 1.42. The number of rotatable bonds is 7. The van der Waals surface area contributed by atoms with Crippen LogP contribution in [0.2, 0.25) is 0 Å². The van der Waals surface area contributed by atoms with E-state index in [4.69, 9.17) is 14.8 Å². The van der Waals surface area contributed by atoms with Gasteiger partial charge in [-0.05, 0) is 43.6 Å². The van der Waals surface area contributed by atoms with E-state index in [-0.39, 0.29) is 0 Å². The summed E-state index contributed by atoms with van der Waals surface area (Å²) in [4.78, 5) is 7.22. The number of anilines is 1. The van der Waals surface area contributed by atoms with E-state index in [1.165, 1.54) is 5.56 Å². The zero-order chi connectivity index (χ0) is 18.5. The Kier molecular flexibility index (Phi) is 5.65. The van der Waals surface area contributed by atoms with Gasteiger partial charge in [-0.3, -0.25) is 0 Å². The molecule has 6 heteroatoms. The zero-order valence-electron chi connectivity index (χ0n) is 15.8. The van der Waals surface area contributed by atoms with Crippen LogP contribution < -0.4 is 5.32 Å². The summed E-state index contributed by atoms with van der Waals surface area (Å²) in [5, 5.41) is 8.22. The summed E-state index contributed by atoms with van der Waals surface area (Å²) in [6.07, 6.45) is 4.25. The molecule has 3 heterocycles. The molecule has 1 saturated heterocycles. The maximum Gasteiger partial charge on any atom is 0.155 e. The first-order chi connectivity index (χ1) is 13.3. The van der Waals surface area contributed by atoms with Gasteiger partial charge in [0.2, 0.25) is 0 Å². The van der Waals surface area contributed by atoms with Gasteiger partial charge in [0.15, 0.2) is 11.5 Å². The molecule has 0 radical (unpaired) electrons. The smallest absolute Gasteiger partial charge is 0.155 e. The van der Waals surface area contributed by atoms with Crippen molar-refractivity contribution in [3.63, 3.8) is 0 Å². The van der Waals surface area contributed by atoms with Crippen LogP contribution in [0.25, 0.3) is 5.65 Å². The third kappa shape index (κ3) is 4.46. The number of nitrogens with one attached hydrogen (secondary N) is 1. The molecular weight excluding hydrogens is 338 g/mol. The Hall–Kier alpha value is -2.44. The molecule has 1 aliphatic rings. The molecule has 0 amide bonds. The number of nitrogens with zero attached hydrogens (tertiary/aromatic N) is 4. The molecule has 0 aliphatic carbocycles. The Balaban J connectivity index is 1.39. The van der Waals surface area contributed by atoms with E-state index in [1.807, 2.05) is 22.8 Å². The second kappa shape index (κ2) is 8.50. The molecule has 1 fully saturated rings. The van der Waals surface area contributed by atoms with Crippen molar-refractivity contribution in [3.05, 3.63) is 60.0 Å². The lowest BCUT2D eigenvalue weighted by molar-refractivity contribution is 0.129. The molecule has 6 nitrogen and oxygen atoms in total. The Labute approximate surface area is 160 Å². The van der Waals surface area contributed by atoms with E-state index in [0.717, 1.165) is 62.8 Å². The average Bonchev–Trinajstić information content (AvgIpc) is 3.15. The molecule has 1 aliphatic heterocycles. The summed E-state index contributed by atoms with van der Waals surface area (Å²) in [5.41, 5.74) is 3.23. The molecular formula is C21H27N5O. The van der Waals surface area contributed by atoms with E-state index in [0.29, 0.717) is 5.92 Å². The Morgan fingerprint density at radius 1 is 1.11 bits per heavy atom. The van der Waals surface area contributed by atoms with Gasteiger partial charge in [0.1, 0.15) is 0 Å². The van der Waals surface area contributed by atoms with E-state index < -0.39 is 0 Å². The minimum atomic E-state index is 0.449. The van der Waals surface area contributed by atoms with Crippen LogP contribution in [-0.2, 0) is 11.3 Å². The normalized spacial score (nSPS) is 16.0. The second-order valence-corrected chi connectivity index (χ2v) is 7.14. The van der Waals surface area contributed by atoms with Crippen molar-refractivity contribution in [1.82, 2.24) is 19.5 Å². The van der Waals surface area contributed by atoms with Gasteiger partial charge >= 0.3 is 0 Å². The summed E-state index contributed by atoms with van der Waals surface area (Å²) < 4.78 is 7.08. The van der Waals surface area contributed by atoms with Crippen LogP contribution in [0.4, 0.5) is 5.69 Å². The molecule has 0 spiro atoms. The third-order valence-electron chi connectivity index (χ3n) is 5.25. The van der Waals surface area contributed by atoms with Crippen molar-refractivity contribution in [2.45, 2.75) is 25.3 Å². The average molecular weight is 365 g/mol. The quantitative estimate of drug-likeness (QED) is 0.697. The van der Waals surface area contributed by atoms with Gasteiger partial charge in [0.25, 0.3) is 0 Å². The highest BCUT2D eigenvalue weighted by Crippen LogP contribution is 2.26. The number of hydrogen-bond donors (Lipinski definition) is 1. The van der Waals surface area contributed by atoms with Crippen LogP contribution in [0, 0.1) is 0 Å². The highest BCUT2D eigenvalue weighted by atomic mass is 16.5. The van der Waals surface area contributed by atoms with E-state index in [2.05, 4.69) is 40.5 Å². The Morgan fingerprint density at radius 2 is 1.93 bits per heavy atom. The lowest BCUT2D eigenvalue weighted by Crippen LogP contribution is -2.35. The third-order valence-corrected chi connectivity index (χ3v) is 5.25. The number of fused-ring (bicyclic) bond motifs is 1. The summed E-state index contributed by atoms with van der Waals surface area (Å²) in [7, 11) is 1.76. The first-order valence-corrected chi connectivity index (χ1v) is 9.67. The maximum atomic E-state index is 5.18. The highest BCUT2D eigenvalue weighted by molar-refractivity contribution is 5.49. The standard InChI is InChI=1S/C21H27N5O/c1-27-14-13-25-11-9-18(10-12-25)21-23-20-8-7-19(16-26(20)24-21)22-15-17-5-3-2-4-6-17/h2-8,16,18,22H,9-15H2,1H3. The molecule has 27 heavy (non-hydrogen) atoms. The predicted molar refractivity (Wildman–Crippen MR) is 107 cm³/mol. The molecule has 142 valence electrons. The second-order valence-electron chi connectivity index (χ2n) is 7.14. The first-order valence-electron chi connectivity index (χ1n) is 9.67. The van der Waals surface area contributed by atoms with Crippen LogP contribution in [0.3, 0.4) is 0 Å². The van der Waals surface area contributed by atoms with Gasteiger partial charge < -0.3 is 15.0 Å². The van der Waals surface area contributed by atoms with Gasteiger partial charge in [-0.15, -0.1) is 0 Å². The van der Waals surface area contributed by atoms with Gasteiger partial charge in [-0.2, -0.15) is 5.10 Å². The Bertz CT molecular complexity index is 855. The number of piperidine rings is 1. The van der Waals surface area contributed by atoms with Crippen LogP contribution in [0.15, 0.2) is 48.7 Å². The summed E-state index contributed by atoms with van der Waals surface area (Å²) in [6.45, 7) is 4.79. The van der Waals surface area contributed by atoms with Crippen LogP contribution in [0.5, 0.6) is 0 Å². The fraction of sp³-hybridized carbons (Fsp3) is 0.429. The minimum Gasteiger partial charge on any atom is -0.383 e. The molecule has 1 N–H and O–H groups in total. The fourth-order valence-electron chi connectivity index (χ4n) is 3.61. The number of ether oxygens (including phenoxy) is 1. The lowest BCUT2D eigenvalue weighted by Gasteiger charge is -2.30. The van der Waals surface area contributed by atoms with Crippen LogP contribution >= 0.6 is 0 Å². The largest absolute Gasteiger partial charge is 0.383 e. The topological polar surface area (TPSA) is 54.7 Å². The lowest BCUT2D eigenvalue weighted by atomic mass is 9.96. The molecule has 3 aromatic rings. The first kappa shape index (κ1) is 17.9. The molecule has 2 aromatic heterocycles. The van der Waals surface area contributed by atoms with Crippen molar-refractivity contribution in [1.29, 1.82) is 0 Å². The van der Waals surface area contributed by atoms with Gasteiger partial charge in [0, 0.05) is 26.1 Å². The van der Waals surface area contributed by atoms with Gasteiger partial charge in [-0.1, -0.05) is 30.3 Å². The number of methoxy groups -OCH3 is 1. The van der Waals surface area contributed by atoms with E-state index >= 15 is 0 Å². The number of pyridine rings is 1. The van der Waals surface area contributed by atoms with Crippen molar-refractivity contribution in [3.8, 4) is 0 Å². The number of benzene rings is 1. The molecule has 4 rings (SSSR count). The van der Waals surface area contributed by atoms with Crippen LogP contribution in [0.1, 0.15) is 30.1 Å². The van der Waals surface area contributed by atoms with Crippen molar-refractivity contribution in [2.75, 3.05) is 38.7 Å². The molecule has 0 atom stereocenters. The number of aromatic nitrogens is 3. The molecule has 0 unspecified atom stereocenters. The highest BCUT2D eigenvalue weighted by Gasteiger charge is 2.23. The van der Waals surface area contributed by atoms with Gasteiger partial charge in [-0.25, -0.2) is 9.50 Å². The van der Waals surface area contributed by atoms with Crippen LogP contribution in [-0.4, -0.2) is 52.8 Å². The number of likely N-dealkylation sites (tertiary alicyclic amines) is 1. The SMILES string of the molecule is COCCN1CCC(c2nc3ccc(NCc4ccccc4)cn3n2)CC1. The molecule has 1 aromatic carbocycles. The van der Waals surface area contributed by atoms with Gasteiger partial charge in [0.05, 0.1) is 18.5 Å². The monoisotopic (exact) mass is 365 g/mol. The fourth-order valence-corrected chi connectivity index (χ4v) is 3.61. The van der Waals surface area contributed by atoms with Crippen molar-refractivity contribution >= 4 is 11.3 Å². The molecule has 0 bridgehead atoms. The minimum absolute atomic E-state index is 0.449.